The molecular weight excluding hydrogens is 274 g/mol. The summed E-state index contributed by atoms with van der Waals surface area (Å²) < 4.78 is 28.2. The van der Waals surface area contributed by atoms with Crippen LogP contribution in [0.3, 0.4) is 0 Å². The van der Waals surface area contributed by atoms with Gasteiger partial charge in [0.2, 0.25) is 0 Å². The SMILES string of the molecule is C.N#Cc1nn(Cc2ccccc2F)c2ncc(F)cc12. The number of nitriles is 1. The Kier molecular flexibility index (Phi) is 3.94. The van der Waals surface area contributed by atoms with E-state index in [2.05, 4.69) is 10.1 Å². The van der Waals surface area contributed by atoms with Crippen LogP contribution in [0.4, 0.5) is 8.78 Å². The van der Waals surface area contributed by atoms with Crippen molar-refractivity contribution in [2.75, 3.05) is 0 Å². The van der Waals surface area contributed by atoms with Crippen molar-refractivity contribution >= 4 is 11.0 Å². The quantitative estimate of drug-likeness (QED) is 0.726. The molecule has 2 heterocycles. The van der Waals surface area contributed by atoms with Crippen LogP contribution in [0.1, 0.15) is 18.7 Å². The molecular formula is C15H12F2N4. The van der Waals surface area contributed by atoms with Crippen molar-refractivity contribution in [2.24, 2.45) is 0 Å². The van der Waals surface area contributed by atoms with E-state index in [1.807, 2.05) is 6.07 Å². The molecule has 2 aromatic heterocycles. The number of hydrogen-bond donors (Lipinski definition) is 0. The van der Waals surface area contributed by atoms with Gasteiger partial charge in [-0.2, -0.15) is 10.4 Å². The maximum Gasteiger partial charge on any atom is 0.172 e. The summed E-state index contributed by atoms with van der Waals surface area (Å²) in [6, 6.07) is 9.36. The average molecular weight is 286 g/mol. The van der Waals surface area contributed by atoms with Gasteiger partial charge in [0, 0.05) is 5.56 Å². The molecule has 0 aliphatic carbocycles. The number of rotatable bonds is 2. The van der Waals surface area contributed by atoms with Gasteiger partial charge in [-0.15, -0.1) is 0 Å². The average Bonchev–Trinajstić information content (AvgIpc) is 2.78. The molecule has 0 saturated heterocycles. The Bertz CT molecular complexity index is 833. The third-order valence-electron chi connectivity index (χ3n) is 2.94. The summed E-state index contributed by atoms with van der Waals surface area (Å²) >= 11 is 0. The second-order valence-electron chi connectivity index (χ2n) is 4.23. The number of nitrogens with zero attached hydrogens (tertiary/aromatic N) is 4. The summed E-state index contributed by atoms with van der Waals surface area (Å²) in [7, 11) is 0. The zero-order valence-corrected chi connectivity index (χ0v) is 10.2. The first-order valence-corrected chi connectivity index (χ1v) is 5.84. The number of hydrogen-bond acceptors (Lipinski definition) is 3. The van der Waals surface area contributed by atoms with Gasteiger partial charge < -0.3 is 0 Å². The van der Waals surface area contributed by atoms with Crippen LogP contribution in [0.2, 0.25) is 0 Å². The molecule has 106 valence electrons. The van der Waals surface area contributed by atoms with Crippen molar-refractivity contribution in [1.29, 1.82) is 5.26 Å². The Labute approximate surface area is 120 Å². The predicted molar refractivity (Wildman–Crippen MR) is 74.4 cm³/mol. The zero-order chi connectivity index (χ0) is 14.1. The van der Waals surface area contributed by atoms with Crippen LogP contribution in [0.15, 0.2) is 36.5 Å². The molecule has 0 bridgehead atoms. The highest BCUT2D eigenvalue weighted by Gasteiger charge is 2.13. The summed E-state index contributed by atoms with van der Waals surface area (Å²) in [5.74, 6) is -0.906. The van der Waals surface area contributed by atoms with Crippen molar-refractivity contribution in [2.45, 2.75) is 14.0 Å². The number of pyridine rings is 1. The number of benzene rings is 1. The van der Waals surface area contributed by atoms with E-state index in [0.717, 1.165) is 6.20 Å². The smallest absolute Gasteiger partial charge is 0.172 e. The van der Waals surface area contributed by atoms with Gasteiger partial charge in [0.1, 0.15) is 17.7 Å². The Morgan fingerprint density at radius 1 is 1.24 bits per heavy atom. The largest absolute Gasteiger partial charge is 0.241 e. The van der Waals surface area contributed by atoms with Gasteiger partial charge in [0.15, 0.2) is 11.3 Å². The highest BCUT2D eigenvalue weighted by molar-refractivity contribution is 5.80. The summed E-state index contributed by atoms with van der Waals surface area (Å²) in [5.41, 5.74) is 0.849. The number of halogens is 2. The molecule has 0 N–H and O–H groups in total. The molecule has 1 aromatic carbocycles. The summed E-state index contributed by atoms with van der Waals surface area (Å²) in [6.45, 7) is 0.128. The van der Waals surface area contributed by atoms with Crippen LogP contribution >= 0.6 is 0 Å². The lowest BCUT2D eigenvalue weighted by Crippen LogP contribution is -2.04. The van der Waals surface area contributed by atoms with Crippen LogP contribution in [-0.2, 0) is 6.54 Å². The molecule has 0 atom stereocenters. The van der Waals surface area contributed by atoms with Crippen LogP contribution in [0.25, 0.3) is 11.0 Å². The normalized spacial score (nSPS) is 10.1. The van der Waals surface area contributed by atoms with E-state index >= 15 is 0 Å². The fourth-order valence-electron chi connectivity index (χ4n) is 2.01. The van der Waals surface area contributed by atoms with Gasteiger partial charge in [-0.25, -0.2) is 18.4 Å². The molecule has 0 amide bonds. The van der Waals surface area contributed by atoms with Crippen molar-refractivity contribution in [3.05, 3.63) is 59.4 Å². The van der Waals surface area contributed by atoms with Gasteiger partial charge in [-0.05, 0) is 12.1 Å². The van der Waals surface area contributed by atoms with Crippen LogP contribution in [-0.4, -0.2) is 14.8 Å². The maximum absolute atomic E-state index is 13.6. The lowest BCUT2D eigenvalue weighted by molar-refractivity contribution is 0.588. The highest BCUT2D eigenvalue weighted by Crippen LogP contribution is 2.19. The first-order valence-electron chi connectivity index (χ1n) is 5.84. The minimum absolute atomic E-state index is 0. The molecule has 0 unspecified atom stereocenters. The number of aromatic nitrogens is 3. The zero-order valence-electron chi connectivity index (χ0n) is 10.2. The monoisotopic (exact) mass is 286 g/mol. The molecule has 0 spiro atoms. The van der Waals surface area contributed by atoms with E-state index < -0.39 is 5.82 Å². The Hall–Kier alpha value is -2.81. The van der Waals surface area contributed by atoms with Gasteiger partial charge in [0.05, 0.1) is 18.1 Å². The molecule has 3 aromatic rings. The first kappa shape index (κ1) is 14.6. The molecule has 0 aliphatic rings. The molecule has 4 nitrogen and oxygen atoms in total. The highest BCUT2D eigenvalue weighted by atomic mass is 19.1. The summed E-state index contributed by atoms with van der Waals surface area (Å²) in [4.78, 5) is 3.93. The summed E-state index contributed by atoms with van der Waals surface area (Å²) in [6.07, 6.45) is 1.04. The predicted octanol–water partition coefficient (Wildman–Crippen LogP) is 3.27. The van der Waals surface area contributed by atoms with Gasteiger partial charge in [0.25, 0.3) is 0 Å². The Morgan fingerprint density at radius 2 is 2.00 bits per heavy atom. The molecule has 21 heavy (non-hydrogen) atoms. The fraction of sp³-hybridized carbons (Fsp3) is 0.133. The van der Waals surface area contributed by atoms with Gasteiger partial charge in [-0.1, -0.05) is 25.6 Å². The minimum Gasteiger partial charge on any atom is -0.241 e. The van der Waals surface area contributed by atoms with Crippen LogP contribution < -0.4 is 0 Å². The molecule has 0 fully saturated rings. The third kappa shape index (κ3) is 2.58. The lowest BCUT2D eigenvalue weighted by Gasteiger charge is -2.04. The van der Waals surface area contributed by atoms with E-state index in [9.17, 15) is 8.78 Å². The number of fused-ring (bicyclic) bond motifs is 1. The Balaban J connectivity index is 0.00000161. The van der Waals surface area contributed by atoms with Crippen molar-refractivity contribution in [3.63, 3.8) is 0 Å². The molecule has 0 aliphatic heterocycles. The van der Waals surface area contributed by atoms with Crippen LogP contribution in [0, 0.1) is 23.0 Å². The summed E-state index contributed by atoms with van der Waals surface area (Å²) in [5, 5.41) is 13.4. The van der Waals surface area contributed by atoms with E-state index in [1.165, 1.54) is 16.8 Å². The third-order valence-corrected chi connectivity index (χ3v) is 2.94. The maximum atomic E-state index is 13.6. The minimum atomic E-state index is -0.542. The standard InChI is InChI=1S/C14H8F2N4.CH4/c15-10-5-11-13(6-17)19-20(14(11)18-7-10)8-9-3-1-2-4-12(9)16;/h1-5,7H,8H2;1H4. The fourth-order valence-corrected chi connectivity index (χ4v) is 2.01. The Morgan fingerprint density at radius 3 is 2.71 bits per heavy atom. The van der Waals surface area contributed by atoms with E-state index in [4.69, 9.17) is 5.26 Å². The van der Waals surface area contributed by atoms with Crippen molar-refractivity contribution in [3.8, 4) is 6.07 Å². The second-order valence-corrected chi connectivity index (χ2v) is 4.23. The first-order chi connectivity index (χ1) is 9.69. The van der Waals surface area contributed by atoms with Gasteiger partial charge >= 0.3 is 0 Å². The topological polar surface area (TPSA) is 54.5 Å². The molecule has 3 rings (SSSR count). The van der Waals surface area contributed by atoms with Crippen molar-refractivity contribution < 1.29 is 8.78 Å². The van der Waals surface area contributed by atoms with Crippen molar-refractivity contribution in [1.82, 2.24) is 14.8 Å². The molecule has 6 heteroatoms. The van der Waals surface area contributed by atoms with Gasteiger partial charge in [-0.3, -0.25) is 0 Å². The van der Waals surface area contributed by atoms with E-state index in [0.29, 0.717) is 16.6 Å². The van der Waals surface area contributed by atoms with E-state index in [-0.39, 0.29) is 25.5 Å². The molecule has 0 saturated carbocycles. The molecule has 0 radical (unpaired) electrons. The second kappa shape index (κ2) is 5.67. The lowest BCUT2D eigenvalue weighted by atomic mass is 10.2. The van der Waals surface area contributed by atoms with Crippen LogP contribution in [0.5, 0.6) is 0 Å². The van der Waals surface area contributed by atoms with E-state index in [1.54, 1.807) is 18.2 Å².